The van der Waals surface area contributed by atoms with E-state index in [1.807, 2.05) is 19.1 Å². The highest BCUT2D eigenvalue weighted by molar-refractivity contribution is 5.29. The molecule has 0 amide bonds. The maximum Gasteiger partial charge on any atom is 0.119 e. The molecule has 1 aromatic carbocycles. The number of benzene rings is 1. The van der Waals surface area contributed by atoms with Crippen LogP contribution in [0, 0.1) is 0 Å². The summed E-state index contributed by atoms with van der Waals surface area (Å²) in [6.07, 6.45) is 0. The summed E-state index contributed by atoms with van der Waals surface area (Å²) in [4.78, 5) is 0. The molecular formula is C15H25NO3. The molecule has 0 aliphatic carbocycles. The molecular weight excluding hydrogens is 242 g/mol. The normalized spacial score (nSPS) is 12.4. The van der Waals surface area contributed by atoms with E-state index in [1.54, 1.807) is 7.11 Å². The second-order valence-corrected chi connectivity index (χ2v) is 4.18. The van der Waals surface area contributed by atoms with E-state index < -0.39 is 0 Å². The molecule has 0 fully saturated rings. The van der Waals surface area contributed by atoms with Crippen LogP contribution in [0.15, 0.2) is 24.3 Å². The van der Waals surface area contributed by atoms with Crippen LogP contribution in [0.3, 0.4) is 0 Å². The first-order valence-electron chi connectivity index (χ1n) is 6.84. The van der Waals surface area contributed by atoms with Gasteiger partial charge in [-0.05, 0) is 31.2 Å². The highest BCUT2D eigenvalue weighted by Gasteiger charge is 2.10. The van der Waals surface area contributed by atoms with Crippen LogP contribution in [0.1, 0.15) is 25.5 Å². The van der Waals surface area contributed by atoms with E-state index in [4.69, 9.17) is 14.2 Å². The fourth-order valence-electron chi connectivity index (χ4n) is 1.83. The van der Waals surface area contributed by atoms with E-state index in [-0.39, 0.29) is 6.04 Å². The Labute approximate surface area is 116 Å². The van der Waals surface area contributed by atoms with Gasteiger partial charge in [0.05, 0.1) is 32.5 Å². The highest BCUT2D eigenvalue weighted by Crippen LogP contribution is 2.18. The summed E-state index contributed by atoms with van der Waals surface area (Å²) < 4.78 is 16.0. The number of ether oxygens (including phenoxy) is 3. The van der Waals surface area contributed by atoms with Crippen LogP contribution < -0.4 is 10.1 Å². The molecule has 1 aromatic rings. The molecule has 1 unspecified atom stereocenters. The summed E-state index contributed by atoms with van der Waals surface area (Å²) >= 11 is 0. The minimum absolute atomic E-state index is 0.206. The third-order valence-electron chi connectivity index (χ3n) is 2.76. The number of methoxy groups -OCH3 is 1. The Kier molecular flexibility index (Phi) is 8.21. The Bertz CT molecular complexity index is 327. The maximum absolute atomic E-state index is 5.60. The minimum atomic E-state index is 0.206. The number of nitrogens with one attached hydrogen (secondary N) is 1. The number of likely N-dealkylation sites (N-methyl/N-ethyl adjacent to an activating group) is 1. The third kappa shape index (κ3) is 6.05. The monoisotopic (exact) mass is 267 g/mol. The van der Waals surface area contributed by atoms with Gasteiger partial charge < -0.3 is 19.5 Å². The zero-order valence-electron chi connectivity index (χ0n) is 12.1. The van der Waals surface area contributed by atoms with Crippen LogP contribution in [0.4, 0.5) is 0 Å². The Morgan fingerprint density at radius 1 is 1.11 bits per heavy atom. The quantitative estimate of drug-likeness (QED) is 0.661. The molecule has 108 valence electrons. The summed E-state index contributed by atoms with van der Waals surface area (Å²) in [7, 11) is 1.68. The smallest absolute Gasteiger partial charge is 0.119 e. The standard InChI is InChI=1S/C15H25NO3/c1-4-16-15(12-18-11-10-17-3)13-6-8-14(9-7-13)19-5-2/h6-9,15-16H,4-5,10-12H2,1-3H3. The molecule has 0 aliphatic heterocycles. The predicted molar refractivity (Wildman–Crippen MR) is 76.7 cm³/mol. The lowest BCUT2D eigenvalue weighted by Crippen LogP contribution is -2.26. The molecule has 1 N–H and O–H groups in total. The minimum Gasteiger partial charge on any atom is -0.494 e. The van der Waals surface area contributed by atoms with E-state index >= 15 is 0 Å². The largest absolute Gasteiger partial charge is 0.494 e. The van der Waals surface area contributed by atoms with Gasteiger partial charge in [-0.1, -0.05) is 19.1 Å². The molecule has 1 atom stereocenters. The lowest BCUT2D eigenvalue weighted by Gasteiger charge is -2.18. The number of rotatable bonds is 10. The first kappa shape index (κ1) is 16.0. The summed E-state index contributed by atoms with van der Waals surface area (Å²) in [5.41, 5.74) is 1.21. The van der Waals surface area contributed by atoms with Gasteiger partial charge in [-0.15, -0.1) is 0 Å². The van der Waals surface area contributed by atoms with Crippen molar-refractivity contribution in [3.8, 4) is 5.75 Å². The van der Waals surface area contributed by atoms with Crippen molar-refractivity contribution >= 4 is 0 Å². The zero-order valence-corrected chi connectivity index (χ0v) is 12.1. The fourth-order valence-corrected chi connectivity index (χ4v) is 1.83. The molecule has 0 bridgehead atoms. The van der Waals surface area contributed by atoms with E-state index in [0.717, 1.165) is 12.3 Å². The molecule has 0 saturated carbocycles. The van der Waals surface area contributed by atoms with Gasteiger partial charge in [0.15, 0.2) is 0 Å². The van der Waals surface area contributed by atoms with Gasteiger partial charge in [0.1, 0.15) is 5.75 Å². The van der Waals surface area contributed by atoms with Crippen LogP contribution in [-0.2, 0) is 9.47 Å². The van der Waals surface area contributed by atoms with Crippen LogP contribution >= 0.6 is 0 Å². The second kappa shape index (κ2) is 9.78. The second-order valence-electron chi connectivity index (χ2n) is 4.18. The van der Waals surface area contributed by atoms with Gasteiger partial charge in [0.2, 0.25) is 0 Å². The average molecular weight is 267 g/mol. The van der Waals surface area contributed by atoms with Crippen molar-refractivity contribution < 1.29 is 14.2 Å². The van der Waals surface area contributed by atoms with E-state index in [0.29, 0.717) is 26.4 Å². The molecule has 4 heteroatoms. The van der Waals surface area contributed by atoms with Crippen LogP contribution in [0.2, 0.25) is 0 Å². The van der Waals surface area contributed by atoms with Crippen molar-refractivity contribution in [2.24, 2.45) is 0 Å². The van der Waals surface area contributed by atoms with Crippen molar-refractivity contribution in [3.63, 3.8) is 0 Å². The van der Waals surface area contributed by atoms with Crippen molar-refractivity contribution in [2.75, 3.05) is 40.1 Å². The van der Waals surface area contributed by atoms with Crippen molar-refractivity contribution in [3.05, 3.63) is 29.8 Å². The van der Waals surface area contributed by atoms with Gasteiger partial charge in [-0.3, -0.25) is 0 Å². The summed E-state index contributed by atoms with van der Waals surface area (Å²) in [5.74, 6) is 0.904. The van der Waals surface area contributed by atoms with Crippen LogP contribution in [0.5, 0.6) is 5.75 Å². The Balaban J connectivity index is 2.53. The fraction of sp³-hybridized carbons (Fsp3) is 0.600. The molecule has 0 aromatic heterocycles. The van der Waals surface area contributed by atoms with E-state index in [9.17, 15) is 0 Å². The van der Waals surface area contributed by atoms with Crippen molar-refractivity contribution in [1.29, 1.82) is 0 Å². The molecule has 0 spiro atoms. The molecule has 1 rings (SSSR count). The molecule has 0 saturated heterocycles. The Morgan fingerprint density at radius 2 is 1.84 bits per heavy atom. The molecule has 19 heavy (non-hydrogen) atoms. The van der Waals surface area contributed by atoms with Gasteiger partial charge in [-0.25, -0.2) is 0 Å². The zero-order chi connectivity index (χ0) is 13.9. The van der Waals surface area contributed by atoms with Gasteiger partial charge in [0.25, 0.3) is 0 Å². The topological polar surface area (TPSA) is 39.7 Å². The summed E-state index contributed by atoms with van der Waals surface area (Å²) in [6.45, 7) is 7.57. The predicted octanol–water partition coefficient (Wildman–Crippen LogP) is 2.40. The lowest BCUT2D eigenvalue weighted by atomic mass is 10.1. The van der Waals surface area contributed by atoms with Gasteiger partial charge in [0, 0.05) is 7.11 Å². The van der Waals surface area contributed by atoms with Gasteiger partial charge in [-0.2, -0.15) is 0 Å². The Hall–Kier alpha value is -1.10. The third-order valence-corrected chi connectivity index (χ3v) is 2.76. The molecule has 0 radical (unpaired) electrons. The molecule has 0 aliphatic rings. The van der Waals surface area contributed by atoms with E-state index in [2.05, 4.69) is 24.4 Å². The van der Waals surface area contributed by atoms with Crippen molar-refractivity contribution in [1.82, 2.24) is 5.32 Å². The van der Waals surface area contributed by atoms with Crippen LogP contribution in [0.25, 0.3) is 0 Å². The Morgan fingerprint density at radius 3 is 2.42 bits per heavy atom. The summed E-state index contributed by atoms with van der Waals surface area (Å²) in [6, 6.07) is 8.37. The first-order valence-corrected chi connectivity index (χ1v) is 6.84. The van der Waals surface area contributed by atoms with Crippen LogP contribution in [-0.4, -0.2) is 40.1 Å². The lowest BCUT2D eigenvalue weighted by molar-refractivity contribution is 0.0588. The number of hydrogen-bond acceptors (Lipinski definition) is 4. The highest BCUT2D eigenvalue weighted by atomic mass is 16.5. The SMILES string of the molecule is CCNC(COCCOC)c1ccc(OCC)cc1. The van der Waals surface area contributed by atoms with Crippen molar-refractivity contribution in [2.45, 2.75) is 19.9 Å². The van der Waals surface area contributed by atoms with Gasteiger partial charge >= 0.3 is 0 Å². The molecule has 4 nitrogen and oxygen atoms in total. The summed E-state index contributed by atoms with van der Waals surface area (Å²) in [5, 5.41) is 3.42. The first-order chi connectivity index (χ1) is 9.31. The number of hydrogen-bond donors (Lipinski definition) is 1. The van der Waals surface area contributed by atoms with E-state index in [1.165, 1.54) is 5.56 Å². The average Bonchev–Trinajstić information content (AvgIpc) is 2.44. The maximum atomic E-state index is 5.60. The molecule has 0 heterocycles.